The second kappa shape index (κ2) is 6.18. The lowest BCUT2D eigenvalue weighted by molar-refractivity contribution is -0.133. The van der Waals surface area contributed by atoms with Crippen LogP contribution in [0.3, 0.4) is 0 Å². The van der Waals surface area contributed by atoms with E-state index in [4.69, 9.17) is 0 Å². The fraction of sp³-hybridized carbons (Fsp3) is 0.611. The Bertz CT molecular complexity index is 485. The SMILES string of the molecule is CC(C)C1CCCCC1N1CNC(c2ccccc2)C1=O. The van der Waals surface area contributed by atoms with Crippen LogP contribution in [-0.4, -0.2) is 23.5 Å². The molecule has 1 amide bonds. The summed E-state index contributed by atoms with van der Waals surface area (Å²) in [6.07, 6.45) is 5.00. The van der Waals surface area contributed by atoms with Gasteiger partial charge in [0.1, 0.15) is 6.04 Å². The molecule has 3 heteroatoms. The summed E-state index contributed by atoms with van der Waals surface area (Å²) in [7, 11) is 0. The van der Waals surface area contributed by atoms with E-state index in [0.717, 1.165) is 12.0 Å². The van der Waals surface area contributed by atoms with E-state index in [1.807, 2.05) is 30.3 Å². The zero-order chi connectivity index (χ0) is 14.8. The van der Waals surface area contributed by atoms with E-state index in [1.54, 1.807) is 0 Å². The van der Waals surface area contributed by atoms with Crippen molar-refractivity contribution < 1.29 is 4.79 Å². The van der Waals surface area contributed by atoms with Crippen molar-refractivity contribution in [2.75, 3.05) is 6.67 Å². The molecular formula is C18H26N2O. The summed E-state index contributed by atoms with van der Waals surface area (Å²) in [4.78, 5) is 14.9. The number of nitrogens with zero attached hydrogens (tertiary/aromatic N) is 1. The normalized spacial score (nSPS) is 30.1. The second-order valence-corrected chi connectivity index (χ2v) is 6.77. The third-order valence-corrected chi connectivity index (χ3v) is 5.17. The molecule has 1 aromatic rings. The van der Waals surface area contributed by atoms with Crippen molar-refractivity contribution in [2.45, 2.75) is 51.6 Å². The van der Waals surface area contributed by atoms with Crippen LogP contribution in [0, 0.1) is 11.8 Å². The Kier molecular flexibility index (Phi) is 4.29. The summed E-state index contributed by atoms with van der Waals surface area (Å²) < 4.78 is 0. The van der Waals surface area contributed by atoms with Gasteiger partial charge in [0.2, 0.25) is 5.91 Å². The van der Waals surface area contributed by atoms with Crippen molar-refractivity contribution in [3.05, 3.63) is 35.9 Å². The molecule has 21 heavy (non-hydrogen) atoms. The minimum Gasteiger partial charge on any atom is -0.325 e. The molecule has 1 heterocycles. The Balaban J connectivity index is 1.76. The van der Waals surface area contributed by atoms with Gasteiger partial charge in [-0.15, -0.1) is 0 Å². The maximum Gasteiger partial charge on any atom is 0.245 e. The van der Waals surface area contributed by atoms with E-state index < -0.39 is 0 Å². The van der Waals surface area contributed by atoms with Crippen LogP contribution in [0.15, 0.2) is 30.3 Å². The van der Waals surface area contributed by atoms with Gasteiger partial charge in [0, 0.05) is 6.04 Å². The van der Waals surface area contributed by atoms with Crippen LogP contribution in [0.25, 0.3) is 0 Å². The highest BCUT2D eigenvalue weighted by molar-refractivity contribution is 5.85. The Morgan fingerprint density at radius 1 is 1.14 bits per heavy atom. The number of hydrogen-bond donors (Lipinski definition) is 1. The molecule has 3 atom stereocenters. The second-order valence-electron chi connectivity index (χ2n) is 6.77. The molecule has 1 saturated heterocycles. The average molecular weight is 286 g/mol. The zero-order valence-electron chi connectivity index (χ0n) is 13.1. The largest absolute Gasteiger partial charge is 0.325 e. The van der Waals surface area contributed by atoms with Gasteiger partial charge in [0.25, 0.3) is 0 Å². The predicted octanol–water partition coefficient (Wildman–Crippen LogP) is 3.33. The number of rotatable bonds is 3. The van der Waals surface area contributed by atoms with Crippen molar-refractivity contribution >= 4 is 5.91 Å². The van der Waals surface area contributed by atoms with Gasteiger partial charge in [-0.05, 0) is 30.2 Å². The number of carbonyl (C=O) groups excluding carboxylic acids is 1. The molecule has 0 aromatic heterocycles. The first-order valence-corrected chi connectivity index (χ1v) is 8.27. The maximum atomic E-state index is 12.8. The van der Waals surface area contributed by atoms with Crippen molar-refractivity contribution in [3.63, 3.8) is 0 Å². The minimum absolute atomic E-state index is 0.152. The molecular weight excluding hydrogens is 260 g/mol. The van der Waals surface area contributed by atoms with Gasteiger partial charge < -0.3 is 4.90 Å². The molecule has 0 spiro atoms. The molecule has 1 N–H and O–H groups in total. The van der Waals surface area contributed by atoms with Gasteiger partial charge in [0.15, 0.2) is 0 Å². The summed E-state index contributed by atoms with van der Waals surface area (Å²) in [5.74, 6) is 1.57. The van der Waals surface area contributed by atoms with Gasteiger partial charge in [-0.1, -0.05) is 57.0 Å². The Hall–Kier alpha value is -1.35. The fourth-order valence-corrected chi connectivity index (χ4v) is 4.01. The van der Waals surface area contributed by atoms with Crippen LogP contribution in [-0.2, 0) is 4.79 Å². The van der Waals surface area contributed by atoms with Crippen LogP contribution in [0.2, 0.25) is 0 Å². The summed E-state index contributed by atoms with van der Waals surface area (Å²) in [6.45, 7) is 5.30. The average Bonchev–Trinajstić information content (AvgIpc) is 2.89. The molecule has 3 nitrogen and oxygen atoms in total. The Morgan fingerprint density at radius 3 is 2.57 bits per heavy atom. The van der Waals surface area contributed by atoms with Crippen LogP contribution in [0.1, 0.15) is 51.1 Å². The summed E-state index contributed by atoms with van der Waals surface area (Å²) in [5.41, 5.74) is 1.09. The molecule has 1 saturated carbocycles. The van der Waals surface area contributed by atoms with E-state index in [1.165, 1.54) is 19.3 Å². The quantitative estimate of drug-likeness (QED) is 0.924. The Labute approximate surface area is 127 Å². The summed E-state index contributed by atoms with van der Waals surface area (Å²) >= 11 is 0. The standard InChI is InChI=1S/C18H26N2O/c1-13(2)15-10-6-7-11-16(15)20-12-19-17(18(20)21)14-8-4-3-5-9-14/h3-5,8-9,13,15-17,19H,6-7,10-12H2,1-2H3. The smallest absolute Gasteiger partial charge is 0.245 e. The monoisotopic (exact) mass is 286 g/mol. The molecule has 2 aliphatic rings. The molecule has 2 fully saturated rings. The number of carbonyl (C=O) groups is 1. The van der Waals surface area contributed by atoms with Gasteiger partial charge in [-0.25, -0.2) is 0 Å². The molecule has 114 valence electrons. The lowest BCUT2D eigenvalue weighted by Crippen LogP contribution is -2.45. The van der Waals surface area contributed by atoms with Gasteiger partial charge >= 0.3 is 0 Å². The fourth-order valence-electron chi connectivity index (χ4n) is 4.01. The predicted molar refractivity (Wildman–Crippen MR) is 84.6 cm³/mol. The summed E-state index contributed by atoms with van der Waals surface area (Å²) in [6, 6.07) is 10.4. The molecule has 0 bridgehead atoms. The highest BCUT2D eigenvalue weighted by Gasteiger charge is 2.40. The maximum absolute atomic E-state index is 12.8. The molecule has 3 unspecified atom stereocenters. The Morgan fingerprint density at radius 2 is 1.86 bits per heavy atom. The first-order valence-electron chi connectivity index (χ1n) is 8.27. The lowest BCUT2D eigenvalue weighted by Gasteiger charge is -2.39. The highest BCUT2D eigenvalue weighted by Crippen LogP contribution is 2.36. The van der Waals surface area contributed by atoms with Crippen molar-refractivity contribution in [3.8, 4) is 0 Å². The highest BCUT2D eigenvalue weighted by atomic mass is 16.2. The topological polar surface area (TPSA) is 32.3 Å². The molecule has 0 radical (unpaired) electrons. The number of amides is 1. The first-order chi connectivity index (χ1) is 10.2. The van der Waals surface area contributed by atoms with E-state index in [-0.39, 0.29) is 11.9 Å². The summed E-state index contributed by atoms with van der Waals surface area (Å²) in [5, 5.41) is 3.41. The van der Waals surface area contributed by atoms with Crippen molar-refractivity contribution in [2.24, 2.45) is 11.8 Å². The van der Waals surface area contributed by atoms with Crippen LogP contribution < -0.4 is 5.32 Å². The lowest BCUT2D eigenvalue weighted by atomic mass is 9.77. The third-order valence-electron chi connectivity index (χ3n) is 5.17. The number of nitrogens with one attached hydrogen (secondary N) is 1. The number of hydrogen-bond acceptors (Lipinski definition) is 2. The van der Waals surface area contributed by atoms with E-state index in [0.29, 0.717) is 24.5 Å². The van der Waals surface area contributed by atoms with E-state index in [9.17, 15) is 4.79 Å². The van der Waals surface area contributed by atoms with Gasteiger partial charge in [-0.3, -0.25) is 10.1 Å². The zero-order valence-corrected chi connectivity index (χ0v) is 13.1. The number of benzene rings is 1. The van der Waals surface area contributed by atoms with Crippen molar-refractivity contribution in [1.82, 2.24) is 10.2 Å². The van der Waals surface area contributed by atoms with Crippen molar-refractivity contribution in [1.29, 1.82) is 0 Å². The van der Waals surface area contributed by atoms with E-state index >= 15 is 0 Å². The van der Waals surface area contributed by atoms with Gasteiger partial charge in [0.05, 0.1) is 6.67 Å². The molecule has 3 rings (SSSR count). The van der Waals surface area contributed by atoms with Crippen LogP contribution in [0.5, 0.6) is 0 Å². The van der Waals surface area contributed by atoms with E-state index in [2.05, 4.69) is 24.1 Å². The minimum atomic E-state index is -0.152. The van der Waals surface area contributed by atoms with Crippen LogP contribution in [0.4, 0.5) is 0 Å². The van der Waals surface area contributed by atoms with Gasteiger partial charge in [-0.2, -0.15) is 0 Å². The molecule has 1 aliphatic carbocycles. The third kappa shape index (κ3) is 2.84. The van der Waals surface area contributed by atoms with Crippen LogP contribution >= 0.6 is 0 Å². The molecule has 1 aliphatic heterocycles. The molecule has 1 aromatic carbocycles. The first kappa shape index (κ1) is 14.6.